The van der Waals surface area contributed by atoms with Crippen molar-refractivity contribution in [2.75, 3.05) is 0 Å². The fourth-order valence-corrected chi connectivity index (χ4v) is 3.37. The van der Waals surface area contributed by atoms with Crippen LogP contribution in [0, 0.1) is 35.3 Å². The molecule has 0 bridgehead atoms. The SMILES string of the molecule is CCCCCCc1ccc(C#Cc2ccc(C#Cc3ccc(CC)cc3)cc2F)cc1F. The third-order valence-corrected chi connectivity index (χ3v) is 5.38. The predicted molar refractivity (Wildman–Crippen MR) is 128 cm³/mol. The molecule has 3 rings (SSSR count). The van der Waals surface area contributed by atoms with Gasteiger partial charge in [-0.15, -0.1) is 0 Å². The average Bonchev–Trinajstić information content (AvgIpc) is 2.81. The highest BCUT2D eigenvalue weighted by atomic mass is 19.1. The molecular formula is C30H28F2. The molecule has 0 saturated heterocycles. The zero-order chi connectivity index (χ0) is 22.8. The summed E-state index contributed by atoms with van der Waals surface area (Å²) in [6, 6.07) is 17.8. The van der Waals surface area contributed by atoms with Crippen LogP contribution in [0.2, 0.25) is 0 Å². The summed E-state index contributed by atoms with van der Waals surface area (Å²) in [4.78, 5) is 0. The van der Waals surface area contributed by atoms with Gasteiger partial charge in [-0.05, 0) is 72.9 Å². The van der Waals surface area contributed by atoms with E-state index in [2.05, 4.69) is 37.5 Å². The molecule has 0 aliphatic rings. The van der Waals surface area contributed by atoms with Crippen molar-refractivity contribution in [2.45, 2.75) is 52.4 Å². The summed E-state index contributed by atoms with van der Waals surface area (Å²) in [5.74, 6) is 11.0. The van der Waals surface area contributed by atoms with Crippen LogP contribution in [-0.4, -0.2) is 0 Å². The topological polar surface area (TPSA) is 0 Å². The van der Waals surface area contributed by atoms with Crippen LogP contribution in [0.4, 0.5) is 8.78 Å². The maximum atomic E-state index is 14.5. The molecule has 2 heteroatoms. The first-order valence-corrected chi connectivity index (χ1v) is 11.3. The lowest BCUT2D eigenvalue weighted by molar-refractivity contribution is 0.593. The zero-order valence-corrected chi connectivity index (χ0v) is 18.8. The second-order valence-electron chi connectivity index (χ2n) is 7.86. The number of aryl methyl sites for hydroxylation is 2. The maximum absolute atomic E-state index is 14.5. The normalized spacial score (nSPS) is 10.1. The van der Waals surface area contributed by atoms with Crippen LogP contribution in [0.5, 0.6) is 0 Å². The molecule has 0 radical (unpaired) electrons. The molecule has 0 unspecified atom stereocenters. The lowest BCUT2D eigenvalue weighted by Crippen LogP contribution is -1.92. The van der Waals surface area contributed by atoms with Gasteiger partial charge in [0, 0.05) is 16.7 Å². The van der Waals surface area contributed by atoms with Gasteiger partial charge in [-0.3, -0.25) is 0 Å². The first kappa shape index (κ1) is 23.3. The molecule has 162 valence electrons. The number of benzene rings is 3. The van der Waals surface area contributed by atoms with Crippen molar-refractivity contribution < 1.29 is 8.78 Å². The van der Waals surface area contributed by atoms with Crippen molar-refractivity contribution in [1.82, 2.24) is 0 Å². The van der Waals surface area contributed by atoms with Crippen molar-refractivity contribution in [3.63, 3.8) is 0 Å². The van der Waals surface area contributed by atoms with Crippen molar-refractivity contribution >= 4 is 0 Å². The Bertz CT molecular complexity index is 1170. The van der Waals surface area contributed by atoms with Crippen molar-refractivity contribution in [1.29, 1.82) is 0 Å². The third-order valence-electron chi connectivity index (χ3n) is 5.38. The van der Waals surface area contributed by atoms with Crippen LogP contribution in [0.3, 0.4) is 0 Å². The van der Waals surface area contributed by atoms with E-state index in [1.807, 2.05) is 24.3 Å². The van der Waals surface area contributed by atoms with Crippen LogP contribution in [0.25, 0.3) is 0 Å². The van der Waals surface area contributed by atoms with Crippen molar-refractivity contribution in [2.24, 2.45) is 0 Å². The van der Waals surface area contributed by atoms with E-state index in [9.17, 15) is 8.78 Å². The van der Waals surface area contributed by atoms with E-state index in [4.69, 9.17) is 0 Å². The first-order valence-electron chi connectivity index (χ1n) is 11.3. The van der Waals surface area contributed by atoms with E-state index >= 15 is 0 Å². The highest BCUT2D eigenvalue weighted by Gasteiger charge is 2.04. The molecule has 0 amide bonds. The third kappa shape index (κ3) is 6.83. The Labute approximate surface area is 190 Å². The van der Waals surface area contributed by atoms with Crippen LogP contribution < -0.4 is 0 Å². The van der Waals surface area contributed by atoms with E-state index in [-0.39, 0.29) is 11.4 Å². The molecule has 3 aromatic rings. The van der Waals surface area contributed by atoms with E-state index in [0.717, 1.165) is 37.7 Å². The van der Waals surface area contributed by atoms with Gasteiger partial charge < -0.3 is 0 Å². The van der Waals surface area contributed by atoms with E-state index in [1.54, 1.807) is 24.3 Å². The number of hydrogen-bond donors (Lipinski definition) is 0. The summed E-state index contributed by atoms with van der Waals surface area (Å²) < 4.78 is 28.8. The zero-order valence-electron chi connectivity index (χ0n) is 18.8. The Balaban J connectivity index is 1.68. The molecule has 0 heterocycles. The van der Waals surface area contributed by atoms with Crippen molar-refractivity contribution in [3.05, 3.63) is 106 Å². The summed E-state index contributed by atoms with van der Waals surface area (Å²) in [7, 11) is 0. The Kier molecular flexibility index (Phi) is 8.65. The molecule has 0 N–H and O–H groups in total. The average molecular weight is 427 g/mol. The molecule has 0 aliphatic carbocycles. The lowest BCUT2D eigenvalue weighted by Gasteiger charge is -2.03. The standard InChI is InChI=1S/C30H28F2/c1-3-5-6-7-8-27-18-15-26(22-29(27)31)17-20-28-19-16-25(21-30(28)32)14-13-24-11-9-23(4-2)10-12-24/h9-12,15-16,18-19,21-22H,3-8H2,1-2H3. The molecule has 0 spiro atoms. The van der Waals surface area contributed by atoms with Gasteiger partial charge in [-0.25, -0.2) is 8.78 Å². The van der Waals surface area contributed by atoms with E-state index < -0.39 is 5.82 Å². The van der Waals surface area contributed by atoms with Crippen LogP contribution in [0.15, 0.2) is 60.7 Å². The Hall–Kier alpha value is -3.36. The quantitative estimate of drug-likeness (QED) is 0.284. The fourth-order valence-electron chi connectivity index (χ4n) is 3.37. The Morgan fingerprint density at radius 1 is 0.625 bits per heavy atom. The molecule has 0 nitrogen and oxygen atoms in total. The van der Waals surface area contributed by atoms with Crippen LogP contribution >= 0.6 is 0 Å². The van der Waals surface area contributed by atoms with Gasteiger partial charge in [-0.2, -0.15) is 0 Å². The molecule has 0 aromatic heterocycles. The summed E-state index contributed by atoms with van der Waals surface area (Å²) >= 11 is 0. The van der Waals surface area contributed by atoms with Crippen molar-refractivity contribution in [3.8, 4) is 23.7 Å². The summed E-state index contributed by atoms with van der Waals surface area (Å²) in [5.41, 5.74) is 4.26. The summed E-state index contributed by atoms with van der Waals surface area (Å²) in [5, 5.41) is 0. The fraction of sp³-hybridized carbons (Fsp3) is 0.267. The minimum atomic E-state index is -0.432. The van der Waals surface area contributed by atoms with E-state index in [1.165, 1.54) is 24.1 Å². The molecule has 0 atom stereocenters. The summed E-state index contributed by atoms with van der Waals surface area (Å²) in [6.45, 7) is 4.26. The minimum Gasteiger partial charge on any atom is -0.207 e. The molecule has 0 fully saturated rings. The van der Waals surface area contributed by atoms with Gasteiger partial charge in [0.2, 0.25) is 0 Å². The van der Waals surface area contributed by atoms with Gasteiger partial charge in [-0.1, -0.05) is 75.0 Å². The van der Waals surface area contributed by atoms with Crippen LogP contribution in [-0.2, 0) is 12.8 Å². The summed E-state index contributed by atoms with van der Waals surface area (Å²) in [6.07, 6.45) is 6.15. The highest BCUT2D eigenvalue weighted by Crippen LogP contribution is 2.15. The molecule has 3 aromatic carbocycles. The van der Waals surface area contributed by atoms with Gasteiger partial charge in [0.05, 0.1) is 5.56 Å². The molecular weight excluding hydrogens is 398 g/mol. The minimum absolute atomic E-state index is 0.244. The number of halogens is 2. The van der Waals surface area contributed by atoms with Gasteiger partial charge >= 0.3 is 0 Å². The van der Waals surface area contributed by atoms with Gasteiger partial charge in [0.15, 0.2) is 0 Å². The maximum Gasteiger partial charge on any atom is 0.140 e. The number of unbranched alkanes of at least 4 members (excludes halogenated alkanes) is 3. The lowest BCUT2D eigenvalue weighted by atomic mass is 10.0. The Morgan fingerprint density at radius 3 is 1.91 bits per heavy atom. The van der Waals surface area contributed by atoms with Gasteiger partial charge in [0.25, 0.3) is 0 Å². The first-order chi connectivity index (χ1) is 15.6. The van der Waals surface area contributed by atoms with Gasteiger partial charge in [0.1, 0.15) is 11.6 Å². The number of rotatable bonds is 6. The van der Waals surface area contributed by atoms with Crippen LogP contribution in [0.1, 0.15) is 72.9 Å². The largest absolute Gasteiger partial charge is 0.207 e. The predicted octanol–water partition coefficient (Wildman–Crippen LogP) is 7.45. The number of hydrogen-bond acceptors (Lipinski definition) is 0. The van der Waals surface area contributed by atoms with E-state index in [0.29, 0.717) is 16.7 Å². The molecule has 0 aliphatic heterocycles. The smallest absolute Gasteiger partial charge is 0.140 e. The molecule has 0 saturated carbocycles. The Morgan fingerprint density at radius 2 is 1.25 bits per heavy atom. The second kappa shape index (κ2) is 11.9. The second-order valence-corrected chi connectivity index (χ2v) is 7.86. The molecule has 32 heavy (non-hydrogen) atoms. The highest BCUT2D eigenvalue weighted by molar-refractivity contribution is 5.49. The monoisotopic (exact) mass is 426 g/mol.